The third kappa shape index (κ3) is 4.15. The Balaban J connectivity index is 1.88. The predicted octanol–water partition coefficient (Wildman–Crippen LogP) is 4.84. The summed E-state index contributed by atoms with van der Waals surface area (Å²) in [5.41, 5.74) is 1.34. The summed E-state index contributed by atoms with van der Waals surface area (Å²) in [5, 5.41) is 10.0. The van der Waals surface area contributed by atoms with E-state index in [1.807, 2.05) is 13.0 Å². The maximum Gasteiger partial charge on any atom is 0.359 e. The number of nitrogens with zero attached hydrogens (tertiary/aromatic N) is 2. The lowest BCUT2D eigenvalue weighted by molar-refractivity contribution is 0.0520. The van der Waals surface area contributed by atoms with E-state index in [4.69, 9.17) is 16.3 Å². The number of aryl methyl sites for hydroxylation is 1. The Kier molecular flexibility index (Phi) is 6.07. The molecule has 0 aliphatic rings. The van der Waals surface area contributed by atoms with Crippen LogP contribution in [0.25, 0.3) is 16.5 Å². The van der Waals surface area contributed by atoms with Crippen LogP contribution in [0.5, 0.6) is 0 Å². The van der Waals surface area contributed by atoms with Crippen molar-refractivity contribution in [2.75, 3.05) is 11.9 Å². The Morgan fingerprint density at radius 1 is 1.19 bits per heavy atom. The number of carbonyl (C=O) groups is 2. The molecule has 0 fully saturated rings. The van der Waals surface area contributed by atoms with Gasteiger partial charge in [0.2, 0.25) is 0 Å². The first-order valence-electron chi connectivity index (χ1n) is 9.74. The number of nitrogens with one attached hydrogen (secondary N) is 1. The fourth-order valence-electron chi connectivity index (χ4n) is 3.21. The van der Waals surface area contributed by atoms with Crippen molar-refractivity contribution in [3.05, 3.63) is 86.1 Å². The Morgan fingerprint density at radius 3 is 2.62 bits per heavy atom. The van der Waals surface area contributed by atoms with Crippen LogP contribution in [0, 0.1) is 6.92 Å². The molecule has 0 aliphatic carbocycles. The van der Waals surface area contributed by atoms with Crippen LogP contribution in [-0.4, -0.2) is 28.3 Å². The van der Waals surface area contributed by atoms with E-state index in [9.17, 15) is 14.4 Å². The van der Waals surface area contributed by atoms with Crippen molar-refractivity contribution in [1.29, 1.82) is 0 Å². The molecule has 0 unspecified atom stereocenters. The third-order valence-corrected chi connectivity index (χ3v) is 5.85. The molecule has 7 nitrogen and oxygen atoms in total. The smallest absolute Gasteiger partial charge is 0.359 e. The van der Waals surface area contributed by atoms with Crippen molar-refractivity contribution in [2.45, 2.75) is 13.8 Å². The highest BCUT2D eigenvalue weighted by molar-refractivity contribution is 7.16. The SMILES string of the molecule is CCOC(=O)c1nn(-c2ccc(Cl)cc2)c(=O)c2c(NC(=O)c3cccc(C)c3)scc12. The van der Waals surface area contributed by atoms with Gasteiger partial charge in [-0.25, -0.2) is 4.79 Å². The van der Waals surface area contributed by atoms with E-state index in [1.54, 1.807) is 54.8 Å². The fourth-order valence-corrected chi connectivity index (χ4v) is 4.27. The Labute approximate surface area is 192 Å². The minimum absolute atomic E-state index is 0.0105. The highest BCUT2D eigenvalue weighted by Gasteiger charge is 2.23. The van der Waals surface area contributed by atoms with E-state index in [2.05, 4.69) is 10.4 Å². The van der Waals surface area contributed by atoms with Gasteiger partial charge in [-0.1, -0.05) is 29.3 Å². The minimum atomic E-state index is -0.658. The van der Waals surface area contributed by atoms with Crippen molar-refractivity contribution < 1.29 is 14.3 Å². The zero-order valence-electron chi connectivity index (χ0n) is 17.2. The lowest BCUT2D eigenvalue weighted by Crippen LogP contribution is -2.25. The summed E-state index contributed by atoms with van der Waals surface area (Å²) in [6, 6.07) is 13.6. The van der Waals surface area contributed by atoms with Gasteiger partial charge in [0.15, 0.2) is 5.69 Å². The van der Waals surface area contributed by atoms with Crippen molar-refractivity contribution in [2.24, 2.45) is 0 Å². The zero-order chi connectivity index (χ0) is 22.8. The normalized spacial score (nSPS) is 10.8. The maximum absolute atomic E-state index is 13.4. The molecule has 0 bridgehead atoms. The Morgan fingerprint density at radius 2 is 1.94 bits per heavy atom. The molecular weight excluding hydrogens is 450 g/mol. The van der Waals surface area contributed by atoms with Crippen LogP contribution < -0.4 is 10.9 Å². The van der Waals surface area contributed by atoms with Gasteiger partial charge in [-0.3, -0.25) is 9.59 Å². The van der Waals surface area contributed by atoms with Gasteiger partial charge in [0.05, 0.1) is 17.7 Å². The highest BCUT2D eigenvalue weighted by atomic mass is 35.5. The summed E-state index contributed by atoms with van der Waals surface area (Å²) in [5.74, 6) is -1.01. The number of ether oxygens (including phenoxy) is 1. The quantitative estimate of drug-likeness (QED) is 0.424. The topological polar surface area (TPSA) is 90.3 Å². The average Bonchev–Trinajstić information content (AvgIpc) is 3.19. The predicted molar refractivity (Wildman–Crippen MR) is 125 cm³/mol. The second-order valence-electron chi connectivity index (χ2n) is 6.94. The minimum Gasteiger partial charge on any atom is -0.461 e. The van der Waals surface area contributed by atoms with Crippen LogP contribution in [0.2, 0.25) is 5.02 Å². The summed E-state index contributed by atoms with van der Waals surface area (Å²) in [6.07, 6.45) is 0. The number of esters is 1. The lowest BCUT2D eigenvalue weighted by Gasteiger charge is -2.10. The van der Waals surface area contributed by atoms with Gasteiger partial charge in [-0.05, 0) is 50.2 Å². The molecule has 1 amide bonds. The molecule has 162 valence electrons. The molecule has 2 aromatic carbocycles. The second-order valence-corrected chi connectivity index (χ2v) is 8.26. The summed E-state index contributed by atoms with van der Waals surface area (Å²) in [7, 11) is 0. The number of benzene rings is 2. The van der Waals surface area contributed by atoms with Crippen LogP contribution in [0.4, 0.5) is 5.00 Å². The molecule has 2 aromatic heterocycles. The molecule has 0 spiro atoms. The number of aromatic nitrogens is 2. The van der Waals surface area contributed by atoms with E-state index in [1.165, 1.54) is 0 Å². The van der Waals surface area contributed by atoms with E-state index < -0.39 is 11.5 Å². The molecule has 0 radical (unpaired) electrons. The van der Waals surface area contributed by atoms with Gasteiger partial charge in [-0.2, -0.15) is 9.78 Å². The van der Waals surface area contributed by atoms with Crippen LogP contribution >= 0.6 is 22.9 Å². The first-order chi connectivity index (χ1) is 15.4. The van der Waals surface area contributed by atoms with Crippen molar-refractivity contribution in [3.63, 3.8) is 0 Å². The van der Waals surface area contributed by atoms with E-state index in [0.29, 0.717) is 26.7 Å². The first kappa shape index (κ1) is 21.7. The molecule has 32 heavy (non-hydrogen) atoms. The molecule has 0 saturated heterocycles. The van der Waals surface area contributed by atoms with Crippen LogP contribution in [0.15, 0.2) is 58.7 Å². The molecule has 9 heteroatoms. The zero-order valence-corrected chi connectivity index (χ0v) is 18.8. The van der Waals surface area contributed by atoms with E-state index in [0.717, 1.165) is 21.6 Å². The molecule has 2 heterocycles. The number of rotatable bonds is 5. The molecule has 0 aliphatic heterocycles. The van der Waals surface area contributed by atoms with Crippen LogP contribution in [-0.2, 0) is 4.74 Å². The molecular formula is C23H18ClN3O4S. The number of thiophene rings is 1. The Hall–Kier alpha value is -3.49. The standard InChI is InChI=1S/C23H18ClN3O4S/c1-3-31-23(30)19-17-12-32-21(25-20(28)14-6-4-5-13(2)11-14)18(17)22(29)27(26-19)16-9-7-15(24)8-10-16/h4-12H,3H2,1-2H3,(H,25,28). The molecule has 4 aromatic rings. The summed E-state index contributed by atoms with van der Waals surface area (Å²) < 4.78 is 6.25. The summed E-state index contributed by atoms with van der Waals surface area (Å²) >= 11 is 7.11. The maximum atomic E-state index is 13.4. The van der Waals surface area contributed by atoms with Crippen molar-refractivity contribution in [1.82, 2.24) is 9.78 Å². The van der Waals surface area contributed by atoms with Gasteiger partial charge in [0, 0.05) is 21.4 Å². The van der Waals surface area contributed by atoms with Crippen LogP contribution in [0.3, 0.4) is 0 Å². The van der Waals surface area contributed by atoms with Crippen LogP contribution in [0.1, 0.15) is 33.3 Å². The second kappa shape index (κ2) is 8.94. The highest BCUT2D eigenvalue weighted by Crippen LogP contribution is 2.31. The third-order valence-electron chi connectivity index (χ3n) is 4.70. The first-order valence-corrected chi connectivity index (χ1v) is 11.0. The summed E-state index contributed by atoms with van der Waals surface area (Å²) in [4.78, 5) is 38.8. The largest absolute Gasteiger partial charge is 0.461 e. The molecule has 0 saturated carbocycles. The van der Waals surface area contributed by atoms with Gasteiger partial charge < -0.3 is 10.1 Å². The molecule has 0 atom stereocenters. The Bertz CT molecular complexity index is 1390. The van der Waals surface area contributed by atoms with E-state index >= 15 is 0 Å². The number of carbonyl (C=O) groups excluding carboxylic acids is 2. The monoisotopic (exact) mass is 467 g/mol. The number of hydrogen-bond donors (Lipinski definition) is 1. The number of fused-ring (bicyclic) bond motifs is 1. The molecule has 1 N–H and O–H groups in total. The lowest BCUT2D eigenvalue weighted by atomic mass is 10.1. The molecule has 4 rings (SSSR count). The van der Waals surface area contributed by atoms with Crippen molar-refractivity contribution in [3.8, 4) is 5.69 Å². The summed E-state index contributed by atoms with van der Waals surface area (Å²) in [6.45, 7) is 3.73. The number of halogens is 1. The van der Waals surface area contributed by atoms with Gasteiger partial charge >= 0.3 is 5.97 Å². The number of amides is 1. The van der Waals surface area contributed by atoms with Crippen molar-refractivity contribution >= 4 is 50.6 Å². The number of hydrogen-bond acceptors (Lipinski definition) is 6. The number of anilines is 1. The van der Waals surface area contributed by atoms with Gasteiger partial charge in [0.25, 0.3) is 11.5 Å². The fraction of sp³-hybridized carbons (Fsp3) is 0.130. The average molecular weight is 468 g/mol. The van der Waals surface area contributed by atoms with Gasteiger partial charge in [-0.15, -0.1) is 11.3 Å². The van der Waals surface area contributed by atoms with E-state index in [-0.39, 0.29) is 23.6 Å². The van der Waals surface area contributed by atoms with Gasteiger partial charge in [0.1, 0.15) is 5.00 Å².